The predicted octanol–water partition coefficient (Wildman–Crippen LogP) is 6.42. The Kier molecular flexibility index (Phi) is 4.12. The third-order valence-corrected chi connectivity index (χ3v) is 9.50. The summed E-state index contributed by atoms with van der Waals surface area (Å²) in [5, 5.41) is 0. The molecule has 0 bridgehead atoms. The number of hydrogen-bond acceptors (Lipinski definition) is 1. The normalized spacial score (nSPS) is 51.0. The van der Waals surface area contributed by atoms with E-state index in [2.05, 4.69) is 45.6 Å². The van der Waals surface area contributed by atoms with Crippen LogP contribution < -0.4 is 0 Å². The van der Waals surface area contributed by atoms with Gasteiger partial charge in [0.25, 0.3) is 0 Å². The lowest BCUT2D eigenvalue weighted by Crippen LogP contribution is -2.54. The largest absolute Gasteiger partial charge is 0.415 e. The zero-order chi connectivity index (χ0) is 17.2. The summed E-state index contributed by atoms with van der Waals surface area (Å²) in [6, 6.07) is 0. The zero-order valence-corrected chi connectivity index (χ0v) is 17.6. The van der Waals surface area contributed by atoms with Crippen LogP contribution in [-0.4, -0.2) is 14.4 Å². The van der Waals surface area contributed by atoms with E-state index in [0.717, 1.165) is 23.7 Å². The molecule has 1 nitrogen and oxygen atoms in total. The molecule has 0 aromatic carbocycles. The SMILES string of the molecule is C[C@@]12C=CC[C@H]1[C@@H]1CCC3CC(O[Si](C)(C)C)CC[C@]3(C)[C@H]1CC2. The second-order valence-electron chi connectivity index (χ2n) is 11.0. The highest BCUT2D eigenvalue weighted by Gasteiger charge is 2.57. The van der Waals surface area contributed by atoms with Gasteiger partial charge < -0.3 is 4.43 Å². The van der Waals surface area contributed by atoms with Crippen LogP contribution in [0.4, 0.5) is 0 Å². The van der Waals surface area contributed by atoms with Crippen LogP contribution in [0.1, 0.15) is 65.2 Å². The van der Waals surface area contributed by atoms with Crippen molar-refractivity contribution in [3.05, 3.63) is 12.2 Å². The van der Waals surface area contributed by atoms with Crippen LogP contribution in [0.25, 0.3) is 0 Å². The molecular weight excluding hydrogens is 308 g/mol. The van der Waals surface area contributed by atoms with Crippen molar-refractivity contribution < 1.29 is 4.43 Å². The van der Waals surface area contributed by atoms with Crippen LogP contribution in [0.3, 0.4) is 0 Å². The average Bonchev–Trinajstić information content (AvgIpc) is 2.88. The van der Waals surface area contributed by atoms with Crippen molar-refractivity contribution in [3.8, 4) is 0 Å². The molecule has 0 amide bonds. The van der Waals surface area contributed by atoms with Crippen molar-refractivity contribution in [2.24, 2.45) is 34.5 Å². The Morgan fingerprint density at radius 3 is 2.50 bits per heavy atom. The topological polar surface area (TPSA) is 9.23 Å². The number of fused-ring (bicyclic) bond motifs is 5. The Morgan fingerprint density at radius 2 is 1.75 bits per heavy atom. The lowest BCUT2D eigenvalue weighted by atomic mass is 9.45. The Bertz CT molecular complexity index is 521. The first-order chi connectivity index (χ1) is 11.2. The van der Waals surface area contributed by atoms with Crippen LogP contribution in [0.5, 0.6) is 0 Å². The van der Waals surface area contributed by atoms with Crippen LogP contribution >= 0.6 is 0 Å². The molecule has 0 saturated heterocycles. The summed E-state index contributed by atoms with van der Waals surface area (Å²) >= 11 is 0. The lowest BCUT2D eigenvalue weighted by Gasteiger charge is -2.60. The Labute approximate surface area is 150 Å². The van der Waals surface area contributed by atoms with E-state index in [4.69, 9.17) is 4.43 Å². The summed E-state index contributed by atoms with van der Waals surface area (Å²) < 4.78 is 6.52. The molecule has 2 unspecified atom stereocenters. The summed E-state index contributed by atoms with van der Waals surface area (Å²) in [6.07, 6.45) is 17.0. The van der Waals surface area contributed by atoms with Crippen LogP contribution in [0.15, 0.2) is 12.2 Å². The molecule has 0 radical (unpaired) electrons. The van der Waals surface area contributed by atoms with Crippen molar-refractivity contribution in [1.82, 2.24) is 0 Å². The quantitative estimate of drug-likeness (QED) is 0.414. The predicted molar refractivity (Wildman–Crippen MR) is 104 cm³/mol. The Hall–Kier alpha value is -0.0831. The van der Waals surface area contributed by atoms with Gasteiger partial charge in [0.15, 0.2) is 8.32 Å². The van der Waals surface area contributed by atoms with E-state index in [1.807, 2.05) is 0 Å². The standard InChI is InChI=1S/C22H38OSi/c1-21-12-6-7-19(21)18-9-8-16-15-17(23-24(3,4)5)10-14-22(16,2)20(18)11-13-21/h6,12,16-20H,7-11,13-15H2,1-5H3/t16?,17?,18-,19-,20-,21-,22-/m0/s1. The fourth-order valence-electron chi connectivity index (χ4n) is 7.31. The van der Waals surface area contributed by atoms with Gasteiger partial charge in [0.05, 0.1) is 0 Å². The maximum absolute atomic E-state index is 6.52. The molecule has 0 aliphatic heterocycles. The maximum Gasteiger partial charge on any atom is 0.184 e. The van der Waals surface area contributed by atoms with Gasteiger partial charge in [-0.05, 0) is 106 Å². The highest BCUT2D eigenvalue weighted by atomic mass is 28.4. The number of allylic oxidation sites excluding steroid dienone is 2. The molecule has 0 N–H and O–H groups in total. The van der Waals surface area contributed by atoms with Gasteiger partial charge in [-0.3, -0.25) is 0 Å². The van der Waals surface area contributed by atoms with Crippen molar-refractivity contribution >= 4 is 8.32 Å². The molecule has 0 heterocycles. The first kappa shape index (κ1) is 17.3. The Morgan fingerprint density at radius 1 is 0.958 bits per heavy atom. The van der Waals surface area contributed by atoms with Crippen LogP contribution in [0, 0.1) is 34.5 Å². The van der Waals surface area contributed by atoms with Gasteiger partial charge in [-0.25, -0.2) is 0 Å². The van der Waals surface area contributed by atoms with Gasteiger partial charge >= 0.3 is 0 Å². The molecule has 7 atom stereocenters. The highest BCUT2D eigenvalue weighted by molar-refractivity contribution is 6.69. The molecule has 4 rings (SSSR count). The highest BCUT2D eigenvalue weighted by Crippen LogP contribution is 2.65. The van der Waals surface area contributed by atoms with Gasteiger partial charge in [-0.1, -0.05) is 26.0 Å². The smallest absolute Gasteiger partial charge is 0.184 e. The molecule has 24 heavy (non-hydrogen) atoms. The van der Waals surface area contributed by atoms with Crippen molar-refractivity contribution in [1.29, 1.82) is 0 Å². The van der Waals surface area contributed by atoms with Gasteiger partial charge in [0.1, 0.15) is 0 Å². The third kappa shape index (κ3) is 2.76. The summed E-state index contributed by atoms with van der Waals surface area (Å²) in [4.78, 5) is 0. The second-order valence-corrected chi connectivity index (χ2v) is 15.4. The van der Waals surface area contributed by atoms with E-state index < -0.39 is 8.32 Å². The monoisotopic (exact) mass is 346 g/mol. The summed E-state index contributed by atoms with van der Waals surface area (Å²) in [5.41, 5.74) is 1.13. The fourth-order valence-corrected chi connectivity index (χ4v) is 8.52. The first-order valence-electron chi connectivity index (χ1n) is 10.6. The van der Waals surface area contributed by atoms with Crippen molar-refractivity contribution in [2.75, 3.05) is 0 Å². The third-order valence-electron chi connectivity index (χ3n) is 8.46. The molecule has 2 heteroatoms. The van der Waals surface area contributed by atoms with E-state index in [9.17, 15) is 0 Å². The van der Waals surface area contributed by atoms with E-state index in [1.54, 1.807) is 0 Å². The molecular formula is C22H38OSi. The molecule has 0 aromatic rings. The van der Waals surface area contributed by atoms with E-state index in [-0.39, 0.29) is 0 Å². The second kappa shape index (κ2) is 5.71. The van der Waals surface area contributed by atoms with E-state index in [0.29, 0.717) is 16.9 Å². The Balaban J connectivity index is 1.51. The molecule has 136 valence electrons. The van der Waals surface area contributed by atoms with Gasteiger partial charge in [-0.15, -0.1) is 0 Å². The maximum atomic E-state index is 6.52. The average molecular weight is 347 g/mol. The molecule has 0 spiro atoms. The fraction of sp³-hybridized carbons (Fsp3) is 0.909. The lowest BCUT2D eigenvalue weighted by molar-refractivity contribution is -0.114. The number of rotatable bonds is 2. The molecule has 3 fully saturated rings. The van der Waals surface area contributed by atoms with Crippen LogP contribution in [-0.2, 0) is 4.43 Å². The minimum Gasteiger partial charge on any atom is -0.415 e. The van der Waals surface area contributed by atoms with Crippen molar-refractivity contribution in [2.45, 2.75) is 91.0 Å². The summed E-state index contributed by atoms with van der Waals surface area (Å²) in [7, 11) is -1.40. The van der Waals surface area contributed by atoms with Gasteiger partial charge in [0.2, 0.25) is 0 Å². The summed E-state index contributed by atoms with van der Waals surface area (Å²) in [6.45, 7) is 12.3. The molecule has 4 aliphatic rings. The summed E-state index contributed by atoms with van der Waals surface area (Å²) in [5.74, 6) is 3.86. The number of hydrogen-bond donors (Lipinski definition) is 0. The zero-order valence-electron chi connectivity index (χ0n) is 16.6. The van der Waals surface area contributed by atoms with Crippen molar-refractivity contribution in [3.63, 3.8) is 0 Å². The molecule has 0 aromatic heterocycles. The minimum absolute atomic E-state index is 0.530. The molecule has 4 aliphatic carbocycles. The van der Waals surface area contributed by atoms with E-state index >= 15 is 0 Å². The van der Waals surface area contributed by atoms with Gasteiger partial charge in [0, 0.05) is 6.10 Å². The molecule has 3 saturated carbocycles. The van der Waals surface area contributed by atoms with E-state index in [1.165, 1.54) is 51.4 Å². The van der Waals surface area contributed by atoms with Gasteiger partial charge in [-0.2, -0.15) is 0 Å². The van der Waals surface area contributed by atoms with Crippen LogP contribution in [0.2, 0.25) is 19.6 Å². The minimum atomic E-state index is -1.40. The first-order valence-corrected chi connectivity index (χ1v) is 14.0.